The van der Waals surface area contributed by atoms with Crippen molar-refractivity contribution in [2.75, 3.05) is 0 Å². The van der Waals surface area contributed by atoms with E-state index in [9.17, 15) is 10.1 Å². The van der Waals surface area contributed by atoms with Gasteiger partial charge in [0.25, 0.3) is 5.69 Å². The molecule has 4 nitrogen and oxygen atoms in total. The molecule has 2 N–H and O–H groups in total. The van der Waals surface area contributed by atoms with Crippen molar-refractivity contribution >= 4 is 21.6 Å². The Kier molecular flexibility index (Phi) is 4.44. The first kappa shape index (κ1) is 13.1. The lowest BCUT2D eigenvalue weighted by molar-refractivity contribution is -0.385. The summed E-state index contributed by atoms with van der Waals surface area (Å²) in [4.78, 5) is 10.4. The van der Waals surface area contributed by atoms with Crippen molar-refractivity contribution in [3.63, 3.8) is 0 Å². The van der Waals surface area contributed by atoms with Crippen LogP contribution in [0.1, 0.15) is 31.9 Å². The summed E-state index contributed by atoms with van der Waals surface area (Å²) in [5.74, 6) is 0.306. The fraction of sp³-hybridized carbons (Fsp3) is 0.455. The molecule has 0 bridgehead atoms. The van der Waals surface area contributed by atoms with Gasteiger partial charge in [-0.05, 0) is 33.5 Å². The van der Waals surface area contributed by atoms with Gasteiger partial charge in [0.2, 0.25) is 0 Å². The molecule has 1 unspecified atom stereocenters. The Labute approximate surface area is 103 Å². The van der Waals surface area contributed by atoms with Crippen molar-refractivity contribution in [3.8, 4) is 0 Å². The highest BCUT2D eigenvalue weighted by Gasteiger charge is 2.18. The highest BCUT2D eigenvalue weighted by atomic mass is 79.9. The van der Waals surface area contributed by atoms with Gasteiger partial charge in [-0.15, -0.1) is 0 Å². The maximum Gasteiger partial charge on any atom is 0.283 e. The molecule has 1 aromatic rings. The lowest BCUT2D eigenvalue weighted by Crippen LogP contribution is -2.18. The zero-order chi connectivity index (χ0) is 12.3. The van der Waals surface area contributed by atoms with E-state index in [4.69, 9.17) is 5.73 Å². The molecule has 0 saturated heterocycles. The summed E-state index contributed by atoms with van der Waals surface area (Å²) in [5, 5.41) is 10.8. The van der Waals surface area contributed by atoms with Crippen LogP contribution in [0.25, 0.3) is 0 Å². The van der Waals surface area contributed by atoms with Gasteiger partial charge in [-0.25, -0.2) is 0 Å². The summed E-state index contributed by atoms with van der Waals surface area (Å²) in [6, 6.07) is 4.89. The molecule has 0 amide bonds. The predicted molar refractivity (Wildman–Crippen MR) is 67.2 cm³/mol. The summed E-state index contributed by atoms with van der Waals surface area (Å²) in [6.45, 7) is 4.09. The fourth-order valence-electron chi connectivity index (χ4n) is 1.46. The Morgan fingerprint density at radius 3 is 2.69 bits per heavy atom. The smallest absolute Gasteiger partial charge is 0.283 e. The number of rotatable bonds is 4. The molecule has 16 heavy (non-hydrogen) atoms. The van der Waals surface area contributed by atoms with Crippen molar-refractivity contribution in [1.29, 1.82) is 0 Å². The lowest BCUT2D eigenvalue weighted by atomic mass is 9.93. The van der Waals surface area contributed by atoms with E-state index in [1.807, 2.05) is 13.0 Å². The minimum Gasteiger partial charge on any atom is -0.324 e. The zero-order valence-electron chi connectivity index (χ0n) is 9.31. The Morgan fingerprint density at radius 2 is 2.19 bits per heavy atom. The first-order valence-corrected chi connectivity index (χ1v) is 5.96. The second-order valence-corrected chi connectivity index (χ2v) is 4.73. The Morgan fingerprint density at radius 1 is 1.56 bits per heavy atom. The average Bonchev–Trinajstić information content (AvgIpc) is 2.27. The van der Waals surface area contributed by atoms with Gasteiger partial charge in [-0.2, -0.15) is 0 Å². The average molecular weight is 287 g/mol. The Bertz CT molecular complexity index is 396. The van der Waals surface area contributed by atoms with E-state index in [1.165, 1.54) is 0 Å². The van der Waals surface area contributed by atoms with Crippen LogP contribution in [-0.2, 0) is 0 Å². The van der Waals surface area contributed by atoms with Gasteiger partial charge in [0.15, 0.2) is 0 Å². The zero-order valence-corrected chi connectivity index (χ0v) is 10.9. The quantitative estimate of drug-likeness (QED) is 0.681. The van der Waals surface area contributed by atoms with E-state index in [-0.39, 0.29) is 11.7 Å². The summed E-state index contributed by atoms with van der Waals surface area (Å²) >= 11 is 3.15. The van der Waals surface area contributed by atoms with Crippen LogP contribution in [0.2, 0.25) is 0 Å². The number of benzene rings is 1. The van der Waals surface area contributed by atoms with Gasteiger partial charge in [-0.1, -0.05) is 26.3 Å². The maximum atomic E-state index is 10.8. The molecule has 0 fully saturated rings. The van der Waals surface area contributed by atoms with Crippen LogP contribution < -0.4 is 5.73 Å². The second kappa shape index (κ2) is 5.41. The van der Waals surface area contributed by atoms with Gasteiger partial charge in [0, 0.05) is 12.1 Å². The van der Waals surface area contributed by atoms with Crippen molar-refractivity contribution in [1.82, 2.24) is 0 Å². The molecule has 88 valence electrons. The van der Waals surface area contributed by atoms with Gasteiger partial charge in [0.1, 0.15) is 0 Å². The van der Waals surface area contributed by atoms with Crippen LogP contribution in [0.5, 0.6) is 0 Å². The van der Waals surface area contributed by atoms with E-state index in [0.29, 0.717) is 10.4 Å². The Hall–Kier alpha value is -0.940. The van der Waals surface area contributed by atoms with Crippen LogP contribution >= 0.6 is 15.9 Å². The standard InChI is InChI=1S/C11H15BrN2O2/c1-3-7(2)11(13)8-4-5-9(12)10(6-8)14(15)16/h4-7,11H,3,13H2,1-2H3/t7?,11-/m0/s1. The van der Waals surface area contributed by atoms with Gasteiger partial charge in [0.05, 0.1) is 9.40 Å². The van der Waals surface area contributed by atoms with E-state index < -0.39 is 4.92 Å². The maximum absolute atomic E-state index is 10.8. The molecule has 0 radical (unpaired) electrons. The van der Waals surface area contributed by atoms with Crippen molar-refractivity contribution in [2.45, 2.75) is 26.3 Å². The molecule has 1 rings (SSSR count). The molecule has 0 aliphatic rings. The molecule has 2 atom stereocenters. The van der Waals surface area contributed by atoms with Gasteiger partial charge >= 0.3 is 0 Å². The highest BCUT2D eigenvalue weighted by molar-refractivity contribution is 9.10. The number of nitrogens with zero attached hydrogens (tertiary/aromatic N) is 1. The minimum absolute atomic E-state index is 0.0660. The molecule has 5 heteroatoms. The molecule has 0 heterocycles. The van der Waals surface area contributed by atoms with Crippen LogP contribution in [0.3, 0.4) is 0 Å². The van der Waals surface area contributed by atoms with Crippen LogP contribution in [-0.4, -0.2) is 4.92 Å². The highest BCUT2D eigenvalue weighted by Crippen LogP contribution is 2.30. The van der Waals surface area contributed by atoms with Crippen molar-refractivity contribution in [2.24, 2.45) is 11.7 Å². The topological polar surface area (TPSA) is 69.2 Å². The molecular formula is C11H15BrN2O2. The lowest BCUT2D eigenvalue weighted by Gasteiger charge is -2.18. The Balaban J connectivity index is 3.07. The second-order valence-electron chi connectivity index (χ2n) is 3.88. The molecule has 0 aliphatic heterocycles. The summed E-state index contributed by atoms with van der Waals surface area (Å²) in [6.07, 6.45) is 0.949. The third-order valence-corrected chi connectivity index (χ3v) is 3.48. The fourth-order valence-corrected chi connectivity index (χ4v) is 1.85. The van der Waals surface area contributed by atoms with Crippen LogP contribution in [0.15, 0.2) is 22.7 Å². The number of nitro groups is 1. The predicted octanol–water partition coefficient (Wildman–Crippen LogP) is 3.40. The SMILES string of the molecule is CCC(C)[C@H](N)c1ccc(Br)c([N+](=O)[O-])c1. The largest absolute Gasteiger partial charge is 0.324 e. The molecule has 1 aromatic carbocycles. The number of hydrogen-bond acceptors (Lipinski definition) is 3. The minimum atomic E-state index is -0.406. The van der Waals surface area contributed by atoms with E-state index in [1.54, 1.807) is 12.1 Å². The third-order valence-electron chi connectivity index (χ3n) is 2.81. The number of halogens is 1. The summed E-state index contributed by atoms with van der Waals surface area (Å²) in [7, 11) is 0. The molecule has 0 aromatic heterocycles. The van der Waals surface area contributed by atoms with Gasteiger partial charge < -0.3 is 5.73 Å². The first-order valence-electron chi connectivity index (χ1n) is 5.16. The number of nitrogens with two attached hydrogens (primary N) is 1. The van der Waals surface area contributed by atoms with Gasteiger partial charge in [-0.3, -0.25) is 10.1 Å². The van der Waals surface area contributed by atoms with Crippen molar-refractivity contribution in [3.05, 3.63) is 38.3 Å². The third kappa shape index (κ3) is 2.80. The van der Waals surface area contributed by atoms with E-state index in [2.05, 4.69) is 22.9 Å². The summed E-state index contributed by atoms with van der Waals surface area (Å²) < 4.78 is 0.484. The number of hydrogen-bond donors (Lipinski definition) is 1. The molecule has 0 saturated carbocycles. The molecule has 0 spiro atoms. The van der Waals surface area contributed by atoms with Crippen molar-refractivity contribution < 1.29 is 4.92 Å². The number of nitro benzene ring substituents is 1. The molecular weight excluding hydrogens is 272 g/mol. The first-order chi connectivity index (χ1) is 7.47. The monoisotopic (exact) mass is 286 g/mol. The van der Waals surface area contributed by atoms with E-state index >= 15 is 0 Å². The van der Waals surface area contributed by atoms with Crippen LogP contribution in [0, 0.1) is 16.0 Å². The summed E-state index contributed by atoms with van der Waals surface area (Å²) in [5.41, 5.74) is 6.91. The van der Waals surface area contributed by atoms with E-state index in [0.717, 1.165) is 12.0 Å². The normalized spacial score (nSPS) is 14.5. The molecule has 0 aliphatic carbocycles. The van der Waals surface area contributed by atoms with Crippen LogP contribution in [0.4, 0.5) is 5.69 Å².